The number of fused-ring (bicyclic) bond motifs is 1. The van der Waals surface area contributed by atoms with Crippen molar-refractivity contribution in [2.24, 2.45) is 0 Å². The average Bonchev–Trinajstić information content (AvgIpc) is 2.71. The molecule has 8 heteroatoms. The lowest BCUT2D eigenvalue weighted by Crippen LogP contribution is -2.05. The molecule has 0 unspecified atom stereocenters. The number of aromatic nitrogens is 2. The molecule has 3 aromatic rings. The summed E-state index contributed by atoms with van der Waals surface area (Å²) in [5, 5.41) is 3.92. The molecule has 0 aliphatic rings. The van der Waals surface area contributed by atoms with E-state index in [0.29, 0.717) is 43.3 Å². The predicted molar refractivity (Wildman–Crippen MR) is 110 cm³/mol. The van der Waals surface area contributed by atoms with Crippen molar-refractivity contribution in [1.29, 1.82) is 0 Å². The fourth-order valence-corrected chi connectivity index (χ4v) is 2.91. The molecular weight excluding hydrogens is 397 g/mol. The van der Waals surface area contributed by atoms with Crippen molar-refractivity contribution in [3.05, 3.63) is 53.6 Å². The maximum absolute atomic E-state index is 13.4. The van der Waals surface area contributed by atoms with Gasteiger partial charge in [-0.3, -0.25) is 4.79 Å². The molecule has 1 heterocycles. The molecule has 0 aliphatic heterocycles. The van der Waals surface area contributed by atoms with Gasteiger partial charge in [0.2, 0.25) is 0 Å². The molecule has 0 amide bonds. The van der Waals surface area contributed by atoms with Gasteiger partial charge in [-0.2, -0.15) is 0 Å². The Hall–Kier alpha value is -2.93. The number of benzene rings is 2. The number of anilines is 2. The van der Waals surface area contributed by atoms with Gasteiger partial charge in [-0.1, -0.05) is 11.6 Å². The number of rotatable bonds is 9. The normalized spacial score (nSPS) is 10.7. The van der Waals surface area contributed by atoms with Gasteiger partial charge in [0.15, 0.2) is 0 Å². The van der Waals surface area contributed by atoms with Crippen LogP contribution in [0.3, 0.4) is 0 Å². The Morgan fingerprint density at radius 3 is 2.83 bits per heavy atom. The van der Waals surface area contributed by atoms with Gasteiger partial charge in [0.25, 0.3) is 0 Å². The summed E-state index contributed by atoms with van der Waals surface area (Å²) in [5.74, 6) is 0.560. The van der Waals surface area contributed by atoms with Gasteiger partial charge in [-0.15, -0.1) is 0 Å². The summed E-state index contributed by atoms with van der Waals surface area (Å²) in [7, 11) is 0. The van der Waals surface area contributed by atoms with E-state index in [1.807, 2.05) is 18.2 Å². The number of nitrogens with zero attached hydrogens (tertiary/aromatic N) is 2. The minimum Gasteiger partial charge on any atom is -0.494 e. The molecule has 3 rings (SSSR count). The van der Waals surface area contributed by atoms with Crippen LogP contribution in [-0.2, 0) is 9.53 Å². The van der Waals surface area contributed by atoms with Crippen molar-refractivity contribution in [2.45, 2.75) is 26.2 Å². The van der Waals surface area contributed by atoms with Crippen molar-refractivity contribution >= 4 is 40.0 Å². The van der Waals surface area contributed by atoms with Crippen LogP contribution in [0.1, 0.15) is 26.2 Å². The molecule has 0 radical (unpaired) electrons. The quantitative estimate of drug-likeness (QED) is 0.377. The van der Waals surface area contributed by atoms with E-state index in [9.17, 15) is 9.18 Å². The van der Waals surface area contributed by atoms with Gasteiger partial charge in [0, 0.05) is 17.5 Å². The van der Waals surface area contributed by atoms with Gasteiger partial charge in [0.05, 0.1) is 23.8 Å². The second-order valence-corrected chi connectivity index (χ2v) is 6.67. The predicted octanol–water partition coefficient (Wildman–Crippen LogP) is 5.28. The number of unbranched alkanes of at least 4 members (excludes halogenated alkanes) is 1. The number of carbonyl (C=O) groups is 1. The van der Waals surface area contributed by atoms with Crippen LogP contribution in [0.4, 0.5) is 15.9 Å². The van der Waals surface area contributed by atoms with Crippen LogP contribution >= 0.6 is 11.6 Å². The van der Waals surface area contributed by atoms with E-state index >= 15 is 0 Å². The molecule has 1 N–H and O–H groups in total. The fraction of sp³-hybridized carbons (Fsp3) is 0.286. The van der Waals surface area contributed by atoms with Gasteiger partial charge in [-0.25, -0.2) is 14.4 Å². The maximum atomic E-state index is 13.4. The summed E-state index contributed by atoms with van der Waals surface area (Å²) in [6.45, 7) is 2.67. The van der Waals surface area contributed by atoms with Crippen molar-refractivity contribution in [3.8, 4) is 5.75 Å². The molecule has 29 heavy (non-hydrogen) atoms. The van der Waals surface area contributed by atoms with Crippen LogP contribution in [0, 0.1) is 5.82 Å². The second kappa shape index (κ2) is 10.0. The third-order valence-electron chi connectivity index (χ3n) is 4.14. The SMILES string of the molecule is CCOC(=O)CCCCOc1ccc2ncnc(Nc3ccc(F)c(Cl)c3)c2c1. The second-order valence-electron chi connectivity index (χ2n) is 6.27. The topological polar surface area (TPSA) is 73.3 Å². The number of esters is 1. The standard InChI is InChI=1S/C21H21ClFN3O3/c1-2-28-20(27)5-3-4-10-29-15-7-9-19-16(12-15)21(25-13-24-19)26-14-6-8-18(23)17(22)11-14/h6-9,11-13H,2-5,10H2,1H3,(H,24,25,26). The summed E-state index contributed by atoms with van der Waals surface area (Å²) >= 11 is 5.85. The van der Waals surface area contributed by atoms with Crippen LogP contribution in [0.5, 0.6) is 5.75 Å². The van der Waals surface area contributed by atoms with Crippen LogP contribution in [-0.4, -0.2) is 29.2 Å². The summed E-state index contributed by atoms with van der Waals surface area (Å²) < 4.78 is 24.1. The Kier molecular flexibility index (Phi) is 7.19. The van der Waals surface area contributed by atoms with Gasteiger partial charge >= 0.3 is 5.97 Å². The molecule has 0 saturated carbocycles. The molecule has 0 saturated heterocycles. The number of hydrogen-bond acceptors (Lipinski definition) is 6. The van der Waals surface area contributed by atoms with E-state index in [1.165, 1.54) is 18.5 Å². The number of carbonyl (C=O) groups excluding carboxylic acids is 1. The monoisotopic (exact) mass is 417 g/mol. The number of ether oxygens (including phenoxy) is 2. The maximum Gasteiger partial charge on any atom is 0.305 e. The molecule has 0 spiro atoms. The van der Waals surface area contributed by atoms with Crippen molar-refractivity contribution < 1.29 is 18.7 Å². The lowest BCUT2D eigenvalue weighted by molar-refractivity contribution is -0.143. The van der Waals surface area contributed by atoms with E-state index in [0.717, 1.165) is 17.3 Å². The zero-order valence-corrected chi connectivity index (χ0v) is 16.7. The zero-order chi connectivity index (χ0) is 20.6. The lowest BCUT2D eigenvalue weighted by Gasteiger charge is -2.11. The Labute approximate surface area is 173 Å². The van der Waals surface area contributed by atoms with Crippen LogP contribution in [0.25, 0.3) is 10.9 Å². The van der Waals surface area contributed by atoms with Gasteiger partial charge in [0.1, 0.15) is 23.7 Å². The minimum atomic E-state index is -0.483. The van der Waals surface area contributed by atoms with Crippen molar-refractivity contribution in [1.82, 2.24) is 9.97 Å². The largest absolute Gasteiger partial charge is 0.494 e. The molecule has 0 atom stereocenters. The number of nitrogens with one attached hydrogen (secondary N) is 1. The van der Waals surface area contributed by atoms with E-state index in [4.69, 9.17) is 21.1 Å². The first-order chi connectivity index (χ1) is 14.1. The Balaban J connectivity index is 1.66. The van der Waals surface area contributed by atoms with Crippen molar-refractivity contribution in [2.75, 3.05) is 18.5 Å². The Morgan fingerprint density at radius 1 is 1.17 bits per heavy atom. The third-order valence-corrected chi connectivity index (χ3v) is 4.43. The van der Waals surface area contributed by atoms with Gasteiger partial charge < -0.3 is 14.8 Å². The molecule has 6 nitrogen and oxygen atoms in total. The Bertz CT molecular complexity index is 1000. The number of halogens is 2. The first kappa shape index (κ1) is 20.8. The van der Waals surface area contributed by atoms with E-state index in [1.54, 1.807) is 13.0 Å². The summed E-state index contributed by atoms with van der Waals surface area (Å²) in [4.78, 5) is 19.9. The first-order valence-corrected chi connectivity index (χ1v) is 9.70. The van der Waals surface area contributed by atoms with Crippen LogP contribution in [0.15, 0.2) is 42.7 Å². The van der Waals surface area contributed by atoms with Crippen LogP contribution in [0.2, 0.25) is 5.02 Å². The first-order valence-electron chi connectivity index (χ1n) is 9.32. The molecule has 0 aliphatic carbocycles. The average molecular weight is 418 g/mol. The fourth-order valence-electron chi connectivity index (χ4n) is 2.73. The molecule has 0 fully saturated rings. The molecule has 1 aromatic heterocycles. The smallest absolute Gasteiger partial charge is 0.305 e. The summed E-state index contributed by atoms with van der Waals surface area (Å²) in [6.07, 6.45) is 3.28. The third kappa shape index (κ3) is 5.77. The molecule has 2 aromatic carbocycles. The van der Waals surface area contributed by atoms with E-state index < -0.39 is 5.82 Å². The number of hydrogen-bond donors (Lipinski definition) is 1. The minimum absolute atomic E-state index is 0.0280. The molecule has 0 bridgehead atoms. The Morgan fingerprint density at radius 2 is 2.03 bits per heavy atom. The van der Waals surface area contributed by atoms with Crippen molar-refractivity contribution in [3.63, 3.8) is 0 Å². The summed E-state index contributed by atoms with van der Waals surface area (Å²) in [5.41, 5.74) is 1.35. The lowest BCUT2D eigenvalue weighted by atomic mass is 10.2. The highest BCUT2D eigenvalue weighted by molar-refractivity contribution is 6.31. The van der Waals surface area contributed by atoms with Crippen LogP contribution < -0.4 is 10.1 Å². The highest BCUT2D eigenvalue weighted by Crippen LogP contribution is 2.28. The highest BCUT2D eigenvalue weighted by Gasteiger charge is 2.08. The molecule has 152 valence electrons. The summed E-state index contributed by atoms with van der Waals surface area (Å²) in [6, 6.07) is 9.88. The van der Waals surface area contributed by atoms with E-state index in [2.05, 4.69) is 15.3 Å². The molecular formula is C21H21ClFN3O3. The zero-order valence-electron chi connectivity index (χ0n) is 16.0. The van der Waals surface area contributed by atoms with Gasteiger partial charge in [-0.05, 0) is 56.2 Å². The van der Waals surface area contributed by atoms with E-state index in [-0.39, 0.29) is 11.0 Å². The highest BCUT2D eigenvalue weighted by atomic mass is 35.5.